The van der Waals surface area contributed by atoms with E-state index in [0.29, 0.717) is 6.61 Å². The average molecular weight is 250 g/mol. The molecule has 18 heavy (non-hydrogen) atoms. The van der Waals surface area contributed by atoms with Crippen LogP contribution in [0.3, 0.4) is 0 Å². The van der Waals surface area contributed by atoms with E-state index in [4.69, 9.17) is 18.9 Å². The summed E-state index contributed by atoms with van der Waals surface area (Å²) in [7, 11) is 0. The number of ether oxygens (including phenoxy) is 4. The highest BCUT2D eigenvalue weighted by molar-refractivity contribution is 5.17. The maximum absolute atomic E-state index is 10.1. The maximum atomic E-state index is 10.1. The number of rotatable bonds is 1. The largest absolute Gasteiger partial charge is 0.387 e. The van der Waals surface area contributed by atoms with Gasteiger partial charge in [-0.1, -0.05) is 30.3 Å². The second-order valence-electron chi connectivity index (χ2n) is 4.81. The third kappa shape index (κ3) is 1.52. The molecule has 0 amide bonds. The van der Waals surface area contributed by atoms with E-state index in [1.54, 1.807) is 0 Å². The van der Waals surface area contributed by atoms with Crippen LogP contribution in [-0.2, 0) is 18.9 Å². The van der Waals surface area contributed by atoms with Gasteiger partial charge in [-0.15, -0.1) is 0 Å². The highest BCUT2D eigenvalue weighted by atomic mass is 16.8. The van der Waals surface area contributed by atoms with Gasteiger partial charge in [-0.3, -0.25) is 0 Å². The normalized spacial score (nSPS) is 46.1. The Morgan fingerprint density at radius 2 is 1.78 bits per heavy atom. The molecule has 1 unspecified atom stereocenters. The lowest BCUT2D eigenvalue weighted by atomic mass is 10.0. The number of hydrogen-bond acceptors (Lipinski definition) is 5. The molecule has 2 bridgehead atoms. The van der Waals surface area contributed by atoms with Gasteiger partial charge in [-0.05, 0) is 0 Å². The third-order valence-electron chi connectivity index (χ3n) is 3.68. The summed E-state index contributed by atoms with van der Waals surface area (Å²) in [4.78, 5) is 0. The van der Waals surface area contributed by atoms with E-state index in [9.17, 15) is 5.11 Å². The highest BCUT2D eigenvalue weighted by Crippen LogP contribution is 2.41. The van der Waals surface area contributed by atoms with Crippen molar-refractivity contribution >= 4 is 0 Å². The molecule has 0 saturated carbocycles. The Labute approximate surface area is 104 Å². The molecule has 3 aliphatic heterocycles. The quantitative estimate of drug-likeness (QED) is 0.790. The molecule has 5 heteroatoms. The van der Waals surface area contributed by atoms with Gasteiger partial charge in [0.2, 0.25) is 0 Å². The zero-order chi connectivity index (χ0) is 12.1. The first-order chi connectivity index (χ1) is 8.83. The molecule has 6 atom stereocenters. The second kappa shape index (κ2) is 4.01. The van der Waals surface area contributed by atoms with Crippen molar-refractivity contribution in [3.63, 3.8) is 0 Å². The molecule has 1 N–H and O–H groups in total. The van der Waals surface area contributed by atoms with Gasteiger partial charge in [0.1, 0.15) is 24.4 Å². The molecule has 0 aliphatic carbocycles. The van der Waals surface area contributed by atoms with Gasteiger partial charge in [-0.25, -0.2) is 0 Å². The van der Waals surface area contributed by atoms with Crippen molar-refractivity contribution in [2.45, 2.75) is 37.0 Å². The molecule has 96 valence electrons. The zero-order valence-corrected chi connectivity index (χ0v) is 9.64. The molecule has 0 spiro atoms. The molecule has 5 nitrogen and oxygen atoms in total. The standard InChI is InChI=1S/C13H14O5/c14-9-8-6-15-13(16-8)11-10(9)17-12(18-11)7-4-2-1-3-5-7/h1-5,8-14H,6H2/t8-,9+,10-,11-,12?,13-/m0/s1. The minimum atomic E-state index is -0.692. The summed E-state index contributed by atoms with van der Waals surface area (Å²) < 4.78 is 22.6. The molecular weight excluding hydrogens is 236 g/mol. The van der Waals surface area contributed by atoms with Crippen LogP contribution in [0.1, 0.15) is 11.9 Å². The average Bonchev–Trinajstić information content (AvgIpc) is 3.04. The number of hydrogen-bond donors (Lipinski definition) is 1. The zero-order valence-electron chi connectivity index (χ0n) is 9.64. The molecule has 3 heterocycles. The van der Waals surface area contributed by atoms with Gasteiger partial charge in [-0.2, -0.15) is 0 Å². The lowest BCUT2D eigenvalue weighted by molar-refractivity contribution is -0.194. The molecule has 3 fully saturated rings. The van der Waals surface area contributed by atoms with Crippen LogP contribution in [0.15, 0.2) is 30.3 Å². The minimum Gasteiger partial charge on any atom is -0.387 e. The molecule has 3 aliphatic rings. The number of benzene rings is 1. The van der Waals surface area contributed by atoms with Gasteiger partial charge in [0.25, 0.3) is 0 Å². The Kier molecular flexibility index (Phi) is 2.43. The molecule has 1 aromatic carbocycles. The number of aliphatic hydroxyl groups excluding tert-OH is 1. The first-order valence-corrected chi connectivity index (χ1v) is 6.14. The summed E-state index contributed by atoms with van der Waals surface area (Å²) in [5, 5.41) is 10.1. The smallest absolute Gasteiger partial charge is 0.187 e. The Morgan fingerprint density at radius 3 is 2.61 bits per heavy atom. The third-order valence-corrected chi connectivity index (χ3v) is 3.68. The fraction of sp³-hybridized carbons (Fsp3) is 0.538. The molecule has 0 radical (unpaired) electrons. The SMILES string of the molecule is O[C@H]1[C@@H]2OC(c3ccccc3)O[C@@H]2[C@H]2OC[C@@H]1O2. The van der Waals surface area contributed by atoms with E-state index in [0.717, 1.165) is 5.56 Å². The Balaban J connectivity index is 1.60. The molecule has 3 saturated heterocycles. The van der Waals surface area contributed by atoms with Gasteiger partial charge < -0.3 is 24.1 Å². The van der Waals surface area contributed by atoms with E-state index < -0.39 is 18.7 Å². The van der Waals surface area contributed by atoms with Crippen molar-refractivity contribution in [1.29, 1.82) is 0 Å². The van der Waals surface area contributed by atoms with Gasteiger partial charge in [0.05, 0.1) is 6.61 Å². The second-order valence-corrected chi connectivity index (χ2v) is 4.81. The fourth-order valence-electron chi connectivity index (χ4n) is 2.74. The Bertz CT molecular complexity index is 430. The van der Waals surface area contributed by atoms with Crippen molar-refractivity contribution in [2.24, 2.45) is 0 Å². The van der Waals surface area contributed by atoms with E-state index in [1.807, 2.05) is 30.3 Å². The Morgan fingerprint density at radius 1 is 1.00 bits per heavy atom. The molecule has 0 aromatic heterocycles. The predicted molar refractivity (Wildman–Crippen MR) is 59.5 cm³/mol. The van der Waals surface area contributed by atoms with Gasteiger partial charge in [0, 0.05) is 5.56 Å². The predicted octanol–water partition coefficient (Wildman–Crippen LogP) is 0.585. The minimum absolute atomic E-state index is 0.297. The van der Waals surface area contributed by atoms with Gasteiger partial charge in [0.15, 0.2) is 12.6 Å². The number of aliphatic hydroxyl groups is 1. The van der Waals surface area contributed by atoms with Crippen molar-refractivity contribution in [3.05, 3.63) is 35.9 Å². The molecule has 4 rings (SSSR count). The van der Waals surface area contributed by atoms with E-state index in [2.05, 4.69) is 0 Å². The fourth-order valence-corrected chi connectivity index (χ4v) is 2.74. The molecular formula is C13H14O5. The van der Waals surface area contributed by atoms with Crippen molar-refractivity contribution in [3.8, 4) is 0 Å². The van der Waals surface area contributed by atoms with E-state index in [-0.39, 0.29) is 18.3 Å². The number of fused-ring (bicyclic) bond motifs is 4. The van der Waals surface area contributed by atoms with Crippen LogP contribution in [0.25, 0.3) is 0 Å². The van der Waals surface area contributed by atoms with E-state index in [1.165, 1.54) is 0 Å². The monoisotopic (exact) mass is 250 g/mol. The summed E-state index contributed by atoms with van der Waals surface area (Å²) in [6.45, 7) is 0.404. The highest BCUT2D eigenvalue weighted by Gasteiger charge is 2.56. The summed E-state index contributed by atoms with van der Waals surface area (Å²) in [6, 6.07) is 9.68. The molecule has 1 aromatic rings. The summed E-state index contributed by atoms with van der Waals surface area (Å²) >= 11 is 0. The van der Waals surface area contributed by atoms with Crippen LogP contribution in [-0.4, -0.2) is 42.4 Å². The van der Waals surface area contributed by atoms with Crippen molar-refractivity contribution in [1.82, 2.24) is 0 Å². The van der Waals surface area contributed by atoms with Crippen molar-refractivity contribution in [2.75, 3.05) is 6.61 Å². The van der Waals surface area contributed by atoms with Crippen LogP contribution in [0.4, 0.5) is 0 Å². The van der Waals surface area contributed by atoms with Crippen LogP contribution in [0.5, 0.6) is 0 Å². The van der Waals surface area contributed by atoms with Gasteiger partial charge >= 0.3 is 0 Å². The first-order valence-electron chi connectivity index (χ1n) is 6.14. The summed E-state index contributed by atoms with van der Waals surface area (Å²) in [6.07, 6.45) is -2.60. The van der Waals surface area contributed by atoms with Crippen LogP contribution < -0.4 is 0 Å². The first kappa shape index (κ1) is 10.9. The van der Waals surface area contributed by atoms with Crippen LogP contribution >= 0.6 is 0 Å². The van der Waals surface area contributed by atoms with E-state index >= 15 is 0 Å². The Hall–Kier alpha value is -0.980. The lowest BCUT2D eigenvalue weighted by Crippen LogP contribution is -2.52. The lowest BCUT2D eigenvalue weighted by Gasteiger charge is -2.31. The maximum Gasteiger partial charge on any atom is 0.187 e. The van der Waals surface area contributed by atoms with Crippen LogP contribution in [0, 0.1) is 0 Å². The van der Waals surface area contributed by atoms with Crippen LogP contribution in [0.2, 0.25) is 0 Å². The summed E-state index contributed by atoms with van der Waals surface area (Å²) in [5.41, 5.74) is 0.940. The summed E-state index contributed by atoms with van der Waals surface area (Å²) in [5.74, 6) is 0. The van der Waals surface area contributed by atoms with Crippen molar-refractivity contribution < 1.29 is 24.1 Å². The topological polar surface area (TPSA) is 57.2 Å².